The molecule has 0 unspecified atom stereocenters. The van der Waals surface area contributed by atoms with Gasteiger partial charge in [0.2, 0.25) is 0 Å². The number of nitrogens with zero attached hydrogens (tertiary/aromatic N) is 2. The molecule has 2 aromatic rings. The van der Waals surface area contributed by atoms with Crippen molar-refractivity contribution < 1.29 is 4.79 Å². The van der Waals surface area contributed by atoms with Gasteiger partial charge in [-0.2, -0.15) is 0 Å². The van der Waals surface area contributed by atoms with E-state index in [1.54, 1.807) is 6.07 Å². The summed E-state index contributed by atoms with van der Waals surface area (Å²) >= 11 is 3.13. The predicted octanol–water partition coefficient (Wildman–Crippen LogP) is 1.18. The largest absolute Gasteiger partial charge is 0.328 e. The van der Waals surface area contributed by atoms with E-state index in [9.17, 15) is 9.59 Å². The molecular weight excluding hydrogens is 288 g/mol. The molecule has 0 fully saturated rings. The van der Waals surface area contributed by atoms with Crippen molar-refractivity contribution in [3.8, 4) is 0 Å². The third-order valence-corrected chi connectivity index (χ3v) is 2.33. The fraction of sp³-hybridized carbons (Fsp3) is 0. The summed E-state index contributed by atoms with van der Waals surface area (Å²) in [6.45, 7) is 0. The average molecular weight is 295 g/mol. The second-order valence-electron chi connectivity index (χ2n) is 3.09. The summed E-state index contributed by atoms with van der Waals surface area (Å²) in [6.07, 6.45) is 4.29. The maximum absolute atomic E-state index is 11.7. The average Bonchev–Trinajstić information content (AvgIpc) is 2.32. The Morgan fingerprint density at radius 2 is 2.18 bits per heavy atom. The van der Waals surface area contributed by atoms with E-state index in [1.165, 1.54) is 24.7 Å². The van der Waals surface area contributed by atoms with Crippen LogP contribution in [-0.2, 0) is 0 Å². The van der Waals surface area contributed by atoms with Gasteiger partial charge in [0.05, 0.1) is 12.4 Å². The minimum absolute atomic E-state index is 0.0252. The van der Waals surface area contributed by atoms with Crippen molar-refractivity contribution in [1.82, 2.24) is 15.0 Å². The molecule has 0 aliphatic carbocycles. The highest BCUT2D eigenvalue weighted by atomic mass is 79.9. The van der Waals surface area contributed by atoms with Gasteiger partial charge < -0.3 is 10.3 Å². The Labute approximate surface area is 104 Å². The zero-order valence-corrected chi connectivity index (χ0v) is 10.1. The molecule has 2 heterocycles. The molecule has 0 atom stereocenters. The van der Waals surface area contributed by atoms with Crippen LogP contribution in [0.25, 0.3) is 0 Å². The molecule has 2 rings (SSSR count). The van der Waals surface area contributed by atoms with E-state index in [4.69, 9.17) is 0 Å². The summed E-state index contributed by atoms with van der Waals surface area (Å²) < 4.78 is 0.563. The molecule has 1 amide bonds. The molecule has 0 aliphatic rings. The quantitative estimate of drug-likeness (QED) is 0.871. The number of nitrogens with one attached hydrogen (secondary N) is 2. The zero-order valence-electron chi connectivity index (χ0n) is 8.48. The predicted molar refractivity (Wildman–Crippen MR) is 64.7 cm³/mol. The number of carbonyl (C=O) groups excluding carboxylic acids is 1. The van der Waals surface area contributed by atoms with Crippen LogP contribution in [0.2, 0.25) is 0 Å². The molecule has 2 N–H and O–H groups in total. The van der Waals surface area contributed by atoms with E-state index in [1.807, 2.05) is 0 Å². The third-order valence-electron chi connectivity index (χ3n) is 1.92. The number of carbonyl (C=O) groups is 1. The van der Waals surface area contributed by atoms with Gasteiger partial charge in [-0.3, -0.25) is 9.59 Å². The molecule has 2 aromatic heterocycles. The van der Waals surface area contributed by atoms with Crippen molar-refractivity contribution in [2.45, 2.75) is 0 Å². The molecule has 86 valence electrons. The summed E-state index contributed by atoms with van der Waals surface area (Å²) in [5, 5.41) is 2.47. The number of amides is 1. The van der Waals surface area contributed by atoms with Crippen LogP contribution in [0.5, 0.6) is 0 Å². The molecule has 0 spiro atoms. The van der Waals surface area contributed by atoms with Crippen LogP contribution >= 0.6 is 15.9 Å². The first-order valence-corrected chi connectivity index (χ1v) is 5.43. The van der Waals surface area contributed by atoms with Gasteiger partial charge in [0.25, 0.3) is 11.5 Å². The van der Waals surface area contributed by atoms with Gasteiger partial charge in [-0.25, -0.2) is 9.97 Å². The molecule has 7 heteroatoms. The summed E-state index contributed by atoms with van der Waals surface area (Å²) in [5.41, 5.74) is -0.424. The topological polar surface area (TPSA) is 87.7 Å². The monoisotopic (exact) mass is 294 g/mol. The lowest BCUT2D eigenvalue weighted by Crippen LogP contribution is -2.22. The van der Waals surface area contributed by atoms with Crippen LogP contribution in [-0.4, -0.2) is 20.9 Å². The van der Waals surface area contributed by atoms with Crippen LogP contribution in [0.4, 0.5) is 5.82 Å². The van der Waals surface area contributed by atoms with Gasteiger partial charge in [0.1, 0.15) is 10.2 Å². The van der Waals surface area contributed by atoms with Gasteiger partial charge >= 0.3 is 0 Å². The standard InChI is InChI=1S/C10H7BrN4O2/c11-7-4-14-8(5-13-7)15-10(17)6-2-1-3-12-9(6)16/h1-5H,(H,12,16)(H,14,15,17). The normalized spacial score (nSPS) is 9.94. The number of aromatic nitrogens is 3. The van der Waals surface area contributed by atoms with Crippen molar-refractivity contribution in [2.24, 2.45) is 0 Å². The maximum Gasteiger partial charge on any atom is 0.262 e. The Balaban J connectivity index is 2.20. The smallest absolute Gasteiger partial charge is 0.262 e. The van der Waals surface area contributed by atoms with E-state index in [0.29, 0.717) is 4.60 Å². The summed E-state index contributed by atoms with van der Waals surface area (Å²) in [5.74, 6) is -0.245. The highest BCUT2D eigenvalue weighted by Gasteiger charge is 2.10. The molecule has 0 bridgehead atoms. The first kappa shape index (κ1) is 11.5. The van der Waals surface area contributed by atoms with Crippen LogP contribution < -0.4 is 10.9 Å². The Morgan fingerprint density at radius 1 is 1.35 bits per heavy atom. The highest BCUT2D eigenvalue weighted by molar-refractivity contribution is 9.10. The second-order valence-corrected chi connectivity index (χ2v) is 3.90. The van der Waals surface area contributed by atoms with Gasteiger partial charge in [-0.1, -0.05) is 0 Å². The minimum Gasteiger partial charge on any atom is -0.328 e. The van der Waals surface area contributed by atoms with E-state index in [-0.39, 0.29) is 11.4 Å². The number of anilines is 1. The third kappa shape index (κ3) is 2.76. The number of rotatable bonds is 2. The molecule has 17 heavy (non-hydrogen) atoms. The number of hydrogen-bond acceptors (Lipinski definition) is 4. The minimum atomic E-state index is -0.525. The summed E-state index contributed by atoms with van der Waals surface area (Å²) in [4.78, 5) is 33.3. The van der Waals surface area contributed by atoms with Crippen molar-refractivity contribution in [1.29, 1.82) is 0 Å². The summed E-state index contributed by atoms with van der Waals surface area (Å²) in [6, 6.07) is 3.00. The SMILES string of the molecule is O=C(Nc1cnc(Br)cn1)c1ccc[nH]c1=O. The van der Waals surface area contributed by atoms with E-state index in [0.717, 1.165) is 0 Å². The lowest BCUT2D eigenvalue weighted by Gasteiger charge is -2.02. The van der Waals surface area contributed by atoms with Crippen LogP contribution in [0.3, 0.4) is 0 Å². The van der Waals surface area contributed by atoms with Crippen molar-refractivity contribution in [2.75, 3.05) is 5.32 Å². The highest BCUT2D eigenvalue weighted by Crippen LogP contribution is 2.06. The van der Waals surface area contributed by atoms with Gasteiger partial charge in [0.15, 0.2) is 5.82 Å². The first-order chi connectivity index (χ1) is 8.16. The Kier molecular flexibility index (Phi) is 3.29. The van der Waals surface area contributed by atoms with Crippen molar-refractivity contribution in [3.05, 3.63) is 51.2 Å². The van der Waals surface area contributed by atoms with Gasteiger partial charge in [0, 0.05) is 6.20 Å². The number of H-pyrrole nitrogens is 1. The van der Waals surface area contributed by atoms with E-state index >= 15 is 0 Å². The number of hydrogen-bond donors (Lipinski definition) is 2. The first-order valence-electron chi connectivity index (χ1n) is 4.63. The molecule has 6 nitrogen and oxygen atoms in total. The molecule has 0 saturated carbocycles. The van der Waals surface area contributed by atoms with E-state index in [2.05, 4.69) is 36.2 Å². The van der Waals surface area contributed by atoms with Gasteiger partial charge in [-0.05, 0) is 28.1 Å². The van der Waals surface area contributed by atoms with Crippen molar-refractivity contribution in [3.63, 3.8) is 0 Å². The molecular formula is C10H7BrN4O2. The molecule has 0 radical (unpaired) electrons. The zero-order chi connectivity index (χ0) is 12.3. The van der Waals surface area contributed by atoms with E-state index < -0.39 is 11.5 Å². The maximum atomic E-state index is 11.7. The lowest BCUT2D eigenvalue weighted by atomic mass is 10.2. The van der Waals surface area contributed by atoms with Crippen molar-refractivity contribution >= 4 is 27.7 Å². The van der Waals surface area contributed by atoms with Crippen LogP contribution in [0.1, 0.15) is 10.4 Å². The van der Waals surface area contributed by atoms with Crippen LogP contribution in [0, 0.1) is 0 Å². The number of halogens is 1. The Morgan fingerprint density at radius 3 is 2.82 bits per heavy atom. The van der Waals surface area contributed by atoms with Crippen LogP contribution in [0.15, 0.2) is 40.1 Å². The Bertz CT molecular complexity index is 594. The number of pyridine rings is 1. The molecule has 0 aromatic carbocycles. The Hall–Kier alpha value is -2.02. The lowest BCUT2D eigenvalue weighted by molar-refractivity contribution is 0.102. The summed E-state index contributed by atoms with van der Waals surface area (Å²) in [7, 11) is 0. The van der Waals surface area contributed by atoms with Gasteiger partial charge in [-0.15, -0.1) is 0 Å². The fourth-order valence-corrected chi connectivity index (χ4v) is 1.37. The number of aromatic amines is 1. The fourth-order valence-electron chi connectivity index (χ4n) is 1.16. The second kappa shape index (κ2) is 4.88. The molecule has 0 saturated heterocycles. The molecule has 0 aliphatic heterocycles.